The van der Waals surface area contributed by atoms with Crippen LogP contribution in [-0.4, -0.2) is 29.8 Å². The van der Waals surface area contributed by atoms with Gasteiger partial charge in [0.05, 0.1) is 6.04 Å². The maximum atomic E-state index is 13.5. The molecule has 0 unspecified atom stereocenters. The predicted octanol–water partition coefficient (Wildman–Crippen LogP) is 5.34. The quantitative estimate of drug-likeness (QED) is 0.695. The molecule has 4 heteroatoms. The Morgan fingerprint density at radius 2 is 1.72 bits per heavy atom. The van der Waals surface area contributed by atoms with Crippen molar-refractivity contribution in [3.8, 4) is 0 Å². The van der Waals surface area contributed by atoms with Gasteiger partial charge in [0.25, 0.3) is 0 Å². The fourth-order valence-electron chi connectivity index (χ4n) is 8.72. The van der Waals surface area contributed by atoms with Gasteiger partial charge in [-0.05, 0) is 86.0 Å². The maximum absolute atomic E-state index is 13.5. The summed E-state index contributed by atoms with van der Waals surface area (Å²) in [5, 5.41) is 3.35. The summed E-state index contributed by atoms with van der Waals surface area (Å²) in [7, 11) is 2.03. The van der Waals surface area contributed by atoms with Crippen LogP contribution < -0.4 is 5.32 Å². The summed E-state index contributed by atoms with van der Waals surface area (Å²) >= 11 is 0. The van der Waals surface area contributed by atoms with Crippen molar-refractivity contribution in [3.05, 3.63) is 35.9 Å². The Kier molecular flexibility index (Phi) is 5.41. The van der Waals surface area contributed by atoms with E-state index in [0.717, 1.165) is 25.7 Å². The van der Waals surface area contributed by atoms with Gasteiger partial charge in [0.1, 0.15) is 0 Å². The van der Waals surface area contributed by atoms with Crippen LogP contribution in [0.2, 0.25) is 0 Å². The first-order chi connectivity index (χ1) is 15.3. The number of amides is 2. The Balaban J connectivity index is 1.33. The molecule has 8 atom stereocenters. The fraction of sp³-hybridized carbons (Fsp3) is 0.714. The highest BCUT2D eigenvalue weighted by Crippen LogP contribution is 2.66. The molecule has 0 aromatic heterocycles. The van der Waals surface area contributed by atoms with Crippen LogP contribution in [0.4, 0.5) is 0 Å². The summed E-state index contributed by atoms with van der Waals surface area (Å²) in [5.74, 6) is 2.76. The van der Waals surface area contributed by atoms with Crippen molar-refractivity contribution in [2.45, 2.75) is 84.2 Å². The van der Waals surface area contributed by atoms with E-state index >= 15 is 0 Å². The van der Waals surface area contributed by atoms with Gasteiger partial charge in [-0.2, -0.15) is 0 Å². The second-order valence-electron chi connectivity index (χ2n) is 11.8. The molecule has 3 aliphatic carbocycles. The van der Waals surface area contributed by atoms with Crippen molar-refractivity contribution in [2.75, 3.05) is 7.05 Å². The predicted molar refractivity (Wildman–Crippen MR) is 127 cm³/mol. The second-order valence-corrected chi connectivity index (χ2v) is 11.8. The van der Waals surface area contributed by atoms with Crippen molar-refractivity contribution in [3.63, 3.8) is 0 Å². The van der Waals surface area contributed by atoms with Crippen molar-refractivity contribution in [1.29, 1.82) is 0 Å². The zero-order valence-electron chi connectivity index (χ0n) is 20.3. The number of hydrogen-bond donors (Lipinski definition) is 1. The smallest absolute Gasteiger partial charge is 0.224 e. The minimum absolute atomic E-state index is 0.0485. The number of nitrogens with one attached hydrogen (secondary N) is 1. The van der Waals surface area contributed by atoms with Crippen LogP contribution in [0.5, 0.6) is 0 Å². The van der Waals surface area contributed by atoms with E-state index in [1.54, 1.807) is 0 Å². The number of rotatable bonds is 3. The van der Waals surface area contributed by atoms with Crippen LogP contribution in [0, 0.1) is 34.5 Å². The number of hydrogen-bond acceptors (Lipinski definition) is 2. The number of nitrogens with zero attached hydrogens (tertiary/aromatic N) is 1. The minimum atomic E-state index is 0.0485. The molecule has 174 valence electrons. The first-order valence-electron chi connectivity index (χ1n) is 12.9. The third-order valence-corrected chi connectivity index (χ3v) is 10.5. The van der Waals surface area contributed by atoms with Gasteiger partial charge in [0.2, 0.25) is 11.8 Å². The fourth-order valence-corrected chi connectivity index (χ4v) is 8.72. The normalized spacial score (nSPS) is 41.9. The molecule has 4 fully saturated rings. The van der Waals surface area contributed by atoms with E-state index in [-0.39, 0.29) is 28.7 Å². The Morgan fingerprint density at radius 1 is 1.00 bits per heavy atom. The zero-order valence-corrected chi connectivity index (χ0v) is 20.3. The van der Waals surface area contributed by atoms with E-state index in [0.29, 0.717) is 36.1 Å². The summed E-state index contributed by atoms with van der Waals surface area (Å²) in [6, 6.07) is 10.8. The molecule has 32 heavy (non-hydrogen) atoms. The SMILES string of the molecule is C[C@H](NC(=O)[C@H]1CC[C@H]2[C@@H]3CC[C@H]4N(C)C(=O)CC[C@]4(C)[C@H]3CC[C@]12C)c1ccccc1. The highest BCUT2D eigenvalue weighted by atomic mass is 16.2. The van der Waals surface area contributed by atoms with Gasteiger partial charge in [-0.25, -0.2) is 0 Å². The minimum Gasteiger partial charge on any atom is -0.349 e. The lowest BCUT2D eigenvalue weighted by Crippen LogP contribution is -2.61. The Hall–Kier alpha value is -1.84. The van der Waals surface area contributed by atoms with Crippen LogP contribution in [0.1, 0.15) is 83.7 Å². The first-order valence-corrected chi connectivity index (χ1v) is 12.9. The second kappa shape index (κ2) is 7.88. The summed E-state index contributed by atoms with van der Waals surface area (Å²) < 4.78 is 0. The van der Waals surface area contributed by atoms with Gasteiger partial charge in [0.15, 0.2) is 0 Å². The number of likely N-dealkylation sites (tertiary alicyclic amines) is 1. The number of fused-ring (bicyclic) bond motifs is 5. The monoisotopic (exact) mass is 436 g/mol. The average Bonchev–Trinajstić information content (AvgIpc) is 3.14. The Bertz CT molecular complexity index is 885. The van der Waals surface area contributed by atoms with Crippen molar-refractivity contribution < 1.29 is 9.59 Å². The number of piperidine rings is 1. The molecule has 0 radical (unpaired) electrons. The summed E-state index contributed by atoms with van der Waals surface area (Å²) in [5.41, 5.74) is 1.53. The molecule has 5 rings (SSSR count). The molecule has 1 aromatic carbocycles. The molecule has 0 bridgehead atoms. The molecular weight excluding hydrogens is 396 g/mol. The van der Waals surface area contributed by atoms with E-state index in [4.69, 9.17) is 0 Å². The third kappa shape index (κ3) is 3.23. The molecule has 3 saturated carbocycles. The summed E-state index contributed by atoms with van der Waals surface area (Å²) in [6.07, 6.45) is 8.68. The van der Waals surface area contributed by atoms with Crippen LogP contribution in [0.25, 0.3) is 0 Å². The molecular formula is C28H40N2O2. The number of carbonyl (C=O) groups excluding carboxylic acids is 2. The molecule has 1 N–H and O–H groups in total. The van der Waals surface area contributed by atoms with Crippen LogP contribution in [0.3, 0.4) is 0 Å². The van der Waals surface area contributed by atoms with E-state index < -0.39 is 0 Å². The molecule has 2 amide bonds. The van der Waals surface area contributed by atoms with E-state index in [2.05, 4.69) is 43.1 Å². The van der Waals surface area contributed by atoms with Crippen LogP contribution in [-0.2, 0) is 9.59 Å². The standard InChI is InChI=1S/C28H40N2O2/c1-18(19-8-6-5-7-9-19)29-26(32)23-12-11-21-20-10-13-24-28(3,17-15-25(31)30(24)4)22(20)14-16-27(21,23)2/h5-9,18,20-24H,10-17H2,1-4H3,(H,29,32)/t18-,20-,21-,22-,23+,24+,27-,28+/m0/s1. The summed E-state index contributed by atoms with van der Waals surface area (Å²) in [4.78, 5) is 27.9. The van der Waals surface area contributed by atoms with Crippen LogP contribution >= 0.6 is 0 Å². The van der Waals surface area contributed by atoms with Crippen LogP contribution in [0.15, 0.2) is 30.3 Å². The average molecular weight is 437 g/mol. The van der Waals surface area contributed by atoms with E-state index in [9.17, 15) is 9.59 Å². The van der Waals surface area contributed by atoms with Crippen molar-refractivity contribution in [1.82, 2.24) is 10.2 Å². The zero-order chi connectivity index (χ0) is 22.7. The topological polar surface area (TPSA) is 49.4 Å². The molecule has 0 spiro atoms. The molecule has 1 heterocycles. The lowest BCUT2D eigenvalue weighted by Gasteiger charge is -2.61. The maximum Gasteiger partial charge on any atom is 0.224 e. The summed E-state index contributed by atoms with van der Waals surface area (Å²) in [6.45, 7) is 6.99. The highest BCUT2D eigenvalue weighted by molar-refractivity contribution is 5.80. The highest BCUT2D eigenvalue weighted by Gasteiger charge is 2.62. The van der Waals surface area contributed by atoms with E-state index in [1.165, 1.54) is 24.8 Å². The van der Waals surface area contributed by atoms with Gasteiger partial charge in [-0.1, -0.05) is 44.2 Å². The Labute approximate surface area is 193 Å². The van der Waals surface area contributed by atoms with Gasteiger partial charge in [-0.15, -0.1) is 0 Å². The van der Waals surface area contributed by atoms with Gasteiger partial charge < -0.3 is 10.2 Å². The lowest BCUT2D eigenvalue weighted by molar-refractivity contribution is -0.159. The van der Waals surface area contributed by atoms with E-state index in [1.807, 2.05) is 25.2 Å². The van der Waals surface area contributed by atoms with Crippen molar-refractivity contribution >= 4 is 11.8 Å². The molecule has 4 nitrogen and oxygen atoms in total. The van der Waals surface area contributed by atoms with Gasteiger partial charge >= 0.3 is 0 Å². The molecule has 1 aromatic rings. The van der Waals surface area contributed by atoms with Crippen molar-refractivity contribution in [2.24, 2.45) is 34.5 Å². The van der Waals surface area contributed by atoms with Gasteiger partial charge in [-0.3, -0.25) is 9.59 Å². The Morgan fingerprint density at radius 3 is 2.47 bits per heavy atom. The molecule has 1 aliphatic heterocycles. The molecule has 4 aliphatic rings. The number of carbonyl (C=O) groups is 2. The largest absolute Gasteiger partial charge is 0.349 e. The number of benzene rings is 1. The van der Waals surface area contributed by atoms with Gasteiger partial charge in [0, 0.05) is 25.4 Å². The molecule has 1 saturated heterocycles. The lowest BCUT2D eigenvalue weighted by atomic mass is 9.47. The third-order valence-electron chi connectivity index (χ3n) is 10.5. The first kappa shape index (κ1) is 22.0.